The van der Waals surface area contributed by atoms with Crippen LogP contribution in [-0.2, 0) is 4.79 Å². The highest BCUT2D eigenvalue weighted by Crippen LogP contribution is 2.26. The van der Waals surface area contributed by atoms with Crippen molar-refractivity contribution in [3.8, 4) is 5.82 Å². The molecule has 0 radical (unpaired) electrons. The van der Waals surface area contributed by atoms with E-state index in [1.54, 1.807) is 17.2 Å². The summed E-state index contributed by atoms with van der Waals surface area (Å²) >= 11 is 0. The minimum atomic E-state index is 0.0624. The largest absolute Gasteiger partial charge is 0.356 e. The van der Waals surface area contributed by atoms with Crippen molar-refractivity contribution >= 4 is 11.7 Å². The van der Waals surface area contributed by atoms with Gasteiger partial charge in [-0.05, 0) is 45.1 Å². The van der Waals surface area contributed by atoms with Crippen LogP contribution in [0.15, 0.2) is 30.9 Å². The first-order valence-corrected chi connectivity index (χ1v) is 9.60. The van der Waals surface area contributed by atoms with Gasteiger partial charge in [-0.25, -0.2) is 14.6 Å². The molecule has 0 aliphatic carbocycles. The second kappa shape index (κ2) is 7.43. The number of hydrogen-bond acceptors (Lipinski definition) is 5. The van der Waals surface area contributed by atoms with E-state index in [9.17, 15) is 4.79 Å². The van der Waals surface area contributed by atoms with E-state index in [4.69, 9.17) is 0 Å². The lowest BCUT2D eigenvalue weighted by molar-refractivity contribution is -0.139. The van der Waals surface area contributed by atoms with Crippen LogP contribution in [0.2, 0.25) is 0 Å². The highest BCUT2D eigenvalue weighted by molar-refractivity contribution is 5.80. The molecule has 0 bridgehead atoms. The molecular formula is C19H26N6O. The maximum Gasteiger partial charge on any atom is 0.227 e. The Morgan fingerprint density at radius 1 is 1.12 bits per heavy atom. The molecule has 2 atom stereocenters. The predicted molar refractivity (Wildman–Crippen MR) is 99.1 cm³/mol. The normalized spacial score (nSPS) is 23.9. The van der Waals surface area contributed by atoms with Gasteiger partial charge in [0.2, 0.25) is 5.91 Å². The van der Waals surface area contributed by atoms with Gasteiger partial charge in [0, 0.05) is 44.1 Å². The van der Waals surface area contributed by atoms with Gasteiger partial charge in [0.15, 0.2) is 5.82 Å². The first-order chi connectivity index (χ1) is 12.7. The minimum Gasteiger partial charge on any atom is -0.356 e. The van der Waals surface area contributed by atoms with Crippen molar-refractivity contribution < 1.29 is 4.79 Å². The van der Waals surface area contributed by atoms with Crippen molar-refractivity contribution in [2.45, 2.75) is 45.1 Å². The molecule has 26 heavy (non-hydrogen) atoms. The van der Waals surface area contributed by atoms with Crippen molar-refractivity contribution in [3.63, 3.8) is 0 Å². The molecule has 0 spiro atoms. The topological polar surface area (TPSA) is 67.2 Å². The molecule has 2 aliphatic rings. The fourth-order valence-electron chi connectivity index (χ4n) is 4.09. The summed E-state index contributed by atoms with van der Waals surface area (Å²) in [6, 6.07) is 4.19. The standard InChI is InChI=1S/C19H26N6O/c1-15-6-2-3-10-24(15)19(26)16-7-4-9-23(13-16)17-12-18(21-14-20-17)25-11-5-8-22-25/h5,8,11-12,14-16H,2-4,6-7,9-10,13H2,1H3. The Bertz CT molecular complexity index is 746. The van der Waals surface area contributed by atoms with E-state index >= 15 is 0 Å². The lowest BCUT2D eigenvalue weighted by Gasteiger charge is -2.39. The molecular weight excluding hydrogens is 328 g/mol. The third-order valence-electron chi connectivity index (χ3n) is 5.56. The van der Waals surface area contributed by atoms with Crippen LogP contribution in [0.3, 0.4) is 0 Å². The SMILES string of the molecule is CC1CCCCN1C(=O)C1CCCN(c2cc(-n3cccn3)ncn2)C1. The second-order valence-corrected chi connectivity index (χ2v) is 7.35. The number of nitrogens with zero attached hydrogens (tertiary/aromatic N) is 6. The summed E-state index contributed by atoms with van der Waals surface area (Å²) in [5.74, 6) is 2.00. The molecule has 1 amide bonds. The predicted octanol–water partition coefficient (Wildman–Crippen LogP) is 2.28. The molecule has 2 aliphatic heterocycles. The molecule has 2 fully saturated rings. The van der Waals surface area contributed by atoms with Gasteiger partial charge in [0.25, 0.3) is 0 Å². The summed E-state index contributed by atoms with van der Waals surface area (Å²) in [4.78, 5) is 26.1. The van der Waals surface area contributed by atoms with E-state index in [1.807, 2.05) is 18.3 Å². The highest BCUT2D eigenvalue weighted by atomic mass is 16.2. The van der Waals surface area contributed by atoms with Crippen molar-refractivity contribution in [2.75, 3.05) is 24.5 Å². The van der Waals surface area contributed by atoms with Gasteiger partial charge in [-0.15, -0.1) is 0 Å². The van der Waals surface area contributed by atoms with E-state index in [-0.39, 0.29) is 5.92 Å². The Morgan fingerprint density at radius 2 is 2.00 bits per heavy atom. The van der Waals surface area contributed by atoms with E-state index in [2.05, 4.69) is 31.8 Å². The maximum absolute atomic E-state index is 13.0. The summed E-state index contributed by atoms with van der Waals surface area (Å²) in [6.07, 6.45) is 10.6. The first kappa shape index (κ1) is 17.0. The number of likely N-dealkylation sites (tertiary alicyclic amines) is 1. The molecule has 4 heterocycles. The molecule has 7 heteroatoms. The molecule has 7 nitrogen and oxygen atoms in total. The maximum atomic E-state index is 13.0. The molecule has 0 N–H and O–H groups in total. The van der Waals surface area contributed by atoms with Gasteiger partial charge >= 0.3 is 0 Å². The molecule has 2 unspecified atom stereocenters. The third-order valence-corrected chi connectivity index (χ3v) is 5.56. The van der Waals surface area contributed by atoms with Crippen LogP contribution in [0.4, 0.5) is 5.82 Å². The Kier molecular flexibility index (Phi) is 4.86. The summed E-state index contributed by atoms with van der Waals surface area (Å²) in [5, 5.41) is 4.23. The van der Waals surface area contributed by atoms with Crippen molar-refractivity contribution in [2.24, 2.45) is 5.92 Å². The van der Waals surface area contributed by atoms with Gasteiger partial charge in [-0.2, -0.15) is 5.10 Å². The minimum absolute atomic E-state index is 0.0624. The van der Waals surface area contributed by atoms with Gasteiger partial charge in [0.1, 0.15) is 12.1 Å². The van der Waals surface area contributed by atoms with Crippen LogP contribution >= 0.6 is 0 Å². The summed E-state index contributed by atoms with van der Waals surface area (Å²) < 4.78 is 1.73. The zero-order valence-electron chi connectivity index (χ0n) is 15.3. The number of anilines is 1. The molecule has 2 saturated heterocycles. The smallest absolute Gasteiger partial charge is 0.227 e. The number of hydrogen-bond donors (Lipinski definition) is 0. The molecule has 2 aromatic heterocycles. The molecule has 0 aromatic carbocycles. The number of piperidine rings is 2. The lowest BCUT2D eigenvalue weighted by Crippen LogP contribution is -2.49. The van der Waals surface area contributed by atoms with Crippen molar-refractivity contribution in [1.82, 2.24) is 24.6 Å². The lowest BCUT2D eigenvalue weighted by atomic mass is 9.94. The highest BCUT2D eigenvalue weighted by Gasteiger charge is 2.32. The van der Waals surface area contributed by atoms with E-state index in [1.165, 1.54) is 6.42 Å². The molecule has 4 rings (SSSR count). The van der Waals surface area contributed by atoms with Gasteiger partial charge in [-0.3, -0.25) is 4.79 Å². The van der Waals surface area contributed by atoms with E-state index in [0.29, 0.717) is 11.9 Å². The van der Waals surface area contributed by atoms with Crippen molar-refractivity contribution in [1.29, 1.82) is 0 Å². The third kappa shape index (κ3) is 3.43. The second-order valence-electron chi connectivity index (χ2n) is 7.35. The van der Waals surface area contributed by atoms with Crippen molar-refractivity contribution in [3.05, 3.63) is 30.9 Å². The fraction of sp³-hybridized carbons (Fsp3) is 0.579. The monoisotopic (exact) mass is 354 g/mol. The number of aromatic nitrogens is 4. The van der Waals surface area contributed by atoms with Gasteiger partial charge in [0.05, 0.1) is 5.92 Å². The summed E-state index contributed by atoms with van der Waals surface area (Å²) in [7, 11) is 0. The molecule has 0 saturated carbocycles. The van der Waals surface area contributed by atoms with E-state index in [0.717, 1.165) is 57.0 Å². The van der Waals surface area contributed by atoms with Crippen LogP contribution in [0.1, 0.15) is 39.0 Å². The number of rotatable bonds is 3. The Hall–Kier alpha value is -2.44. The first-order valence-electron chi connectivity index (χ1n) is 9.60. The Labute approximate surface area is 154 Å². The summed E-state index contributed by atoms with van der Waals surface area (Å²) in [5.41, 5.74) is 0. The average Bonchev–Trinajstić information content (AvgIpc) is 3.23. The van der Waals surface area contributed by atoms with Crippen LogP contribution in [0.25, 0.3) is 5.82 Å². The van der Waals surface area contributed by atoms with Crippen LogP contribution in [0.5, 0.6) is 0 Å². The summed E-state index contributed by atoms with van der Waals surface area (Å²) in [6.45, 7) is 4.75. The molecule has 138 valence electrons. The van der Waals surface area contributed by atoms with Crippen LogP contribution < -0.4 is 4.90 Å². The van der Waals surface area contributed by atoms with Crippen LogP contribution in [0, 0.1) is 5.92 Å². The Morgan fingerprint density at radius 3 is 2.81 bits per heavy atom. The number of carbonyl (C=O) groups is 1. The molecule has 2 aromatic rings. The van der Waals surface area contributed by atoms with E-state index < -0.39 is 0 Å². The Balaban J connectivity index is 1.48. The quantitative estimate of drug-likeness (QED) is 0.846. The zero-order chi connectivity index (χ0) is 17.9. The number of amides is 1. The fourth-order valence-corrected chi connectivity index (χ4v) is 4.09. The van der Waals surface area contributed by atoms with Crippen LogP contribution in [-0.4, -0.2) is 56.2 Å². The van der Waals surface area contributed by atoms with Gasteiger partial charge in [-0.1, -0.05) is 0 Å². The van der Waals surface area contributed by atoms with Gasteiger partial charge < -0.3 is 9.80 Å². The zero-order valence-corrected chi connectivity index (χ0v) is 15.3. The average molecular weight is 354 g/mol. The number of carbonyl (C=O) groups excluding carboxylic acids is 1.